The molecule has 0 radical (unpaired) electrons. The molecule has 0 rings (SSSR count). The van der Waals surface area contributed by atoms with Gasteiger partial charge in [0.1, 0.15) is 12.3 Å². The van der Waals surface area contributed by atoms with Gasteiger partial charge in [0.2, 0.25) is 0 Å². The normalized spacial score (nSPS) is 19.5. The van der Waals surface area contributed by atoms with E-state index >= 15 is 0 Å². The molecule has 0 bridgehead atoms. The number of hydrogen-bond donors (Lipinski definition) is 0. The summed E-state index contributed by atoms with van der Waals surface area (Å²) in [6.45, 7) is 3.21. The Hall–Kier alpha value is 0.700. The van der Waals surface area contributed by atoms with Crippen molar-refractivity contribution in [3.05, 3.63) is 0 Å². The van der Waals surface area contributed by atoms with Gasteiger partial charge in [-0.25, -0.2) is 4.57 Å². The molecule has 0 heterocycles. The second kappa shape index (κ2) is 9.75. The summed E-state index contributed by atoms with van der Waals surface area (Å²) in [7, 11) is -16.4. The van der Waals surface area contributed by atoms with Crippen LogP contribution < -0.4 is 0 Å². The second-order valence-corrected chi connectivity index (χ2v) is 12.7. The zero-order chi connectivity index (χ0) is 16.7. The molecule has 0 aliphatic heterocycles. The molecule has 0 saturated heterocycles. The summed E-state index contributed by atoms with van der Waals surface area (Å²) in [4.78, 5) is 0. The topological polar surface area (TPSA) is 139 Å². The Morgan fingerprint density at radius 1 is 0.905 bits per heavy atom. The van der Waals surface area contributed by atoms with Gasteiger partial charge in [-0.2, -0.15) is 0 Å². The monoisotopic (exact) mass is 419 g/mol. The molecule has 0 aromatic heterocycles. The van der Waals surface area contributed by atoms with Crippen LogP contribution in [0.5, 0.6) is 0 Å². The van der Waals surface area contributed by atoms with E-state index in [2.05, 4.69) is 17.5 Å². The van der Waals surface area contributed by atoms with Crippen molar-refractivity contribution in [3.63, 3.8) is 0 Å². The molecule has 0 spiro atoms. The third kappa shape index (κ3) is 10.2. The van der Waals surface area contributed by atoms with E-state index in [9.17, 15) is 27.4 Å². The predicted octanol–water partition coefficient (Wildman–Crippen LogP) is 4.76. The van der Waals surface area contributed by atoms with Crippen LogP contribution in [0.1, 0.15) is 0 Å². The molecule has 120 valence electrons. The summed E-state index contributed by atoms with van der Waals surface area (Å²) >= 11 is 0. The largest absolute Gasteiger partial charge is 0.513 e. The van der Waals surface area contributed by atoms with Gasteiger partial charge in [0.25, 0.3) is 7.37 Å². The molecule has 0 saturated carbocycles. The summed E-state index contributed by atoms with van der Waals surface area (Å²) in [5.41, 5.74) is 0. The fourth-order valence-corrected chi connectivity index (χ4v) is 11.5. The minimum atomic E-state index is -4.32. The number of hydrogen-bond acceptors (Lipinski definition) is 10. The van der Waals surface area contributed by atoms with E-state index < -0.39 is 60.0 Å². The van der Waals surface area contributed by atoms with Gasteiger partial charge in [0.05, 0.1) is 0 Å². The highest BCUT2D eigenvalue weighted by Gasteiger charge is 2.50. The first-order chi connectivity index (χ1) is 9.52. The summed E-state index contributed by atoms with van der Waals surface area (Å²) < 4.78 is 86.4. The molecular weight excluding hydrogens is 406 g/mol. The molecule has 0 aromatic carbocycles. The number of rotatable bonds is 11. The minimum absolute atomic E-state index is 0.787. The second-order valence-electron chi connectivity index (χ2n) is 3.46. The summed E-state index contributed by atoms with van der Waals surface area (Å²) in [6.07, 6.45) is -0.787. The first kappa shape index (κ1) is 21.7. The summed E-state index contributed by atoms with van der Waals surface area (Å²) in [6, 6.07) is 0. The van der Waals surface area contributed by atoms with Gasteiger partial charge in [0.15, 0.2) is 20.0 Å². The van der Waals surface area contributed by atoms with Crippen molar-refractivity contribution < 1.29 is 44.8 Å². The average Bonchev–Trinajstić information content (AvgIpc) is 2.21. The van der Waals surface area contributed by atoms with E-state index in [0.717, 1.165) is 20.0 Å². The molecule has 21 heavy (non-hydrogen) atoms. The lowest BCUT2D eigenvalue weighted by Crippen LogP contribution is -2.00. The quantitative estimate of drug-likeness (QED) is 0.431. The Morgan fingerprint density at radius 3 is 1.67 bits per heavy atom. The minimum Gasteiger partial charge on any atom is -0.285 e. The van der Waals surface area contributed by atoms with Gasteiger partial charge in [0, 0.05) is 0 Å². The highest BCUT2D eigenvalue weighted by Crippen LogP contribution is 2.70. The van der Waals surface area contributed by atoms with Gasteiger partial charge in [-0.3, -0.25) is 13.7 Å². The van der Waals surface area contributed by atoms with E-state index in [1.807, 2.05) is 0 Å². The van der Waals surface area contributed by atoms with Crippen molar-refractivity contribution in [2.24, 2.45) is 0 Å². The molecule has 0 aliphatic rings. The average molecular weight is 419 g/mol. The van der Waals surface area contributed by atoms with E-state index in [-0.39, 0.29) is 0 Å². The first-order valence-corrected chi connectivity index (χ1v) is 14.3. The summed E-state index contributed by atoms with van der Waals surface area (Å²) in [5.74, 6) is -0.964. The van der Waals surface area contributed by atoms with E-state index in [1.54, 1.807) is 0 Å². The van der Waals surface area contributed by atoms with Crippen molar-refractivity contribution in [1.82, 2.24) is 0 Å². The van der Waals surface area contributed by atoms with Crippen molar-refractivity contribution in [2.75, 3.05) is 32.2 Å². The molecule has 4 atom stereocenters. The van der Waals surface area contributed by atoms with Crippen molar-refractivity contribution in [3.8, 4) is 0 Å². The SMILES string of the molecule is C[P+](=O)OP(=O)(COP=O)CP(=O)(O[P+](C)=O)O[P+](C)=O. The smallest absolute Gasteiger partial charge is 0.285 e. The fourth-order valence-electron chi connectivity index (χ4n) is 1.09. The molecule has 0 aromatic rings. The standard InChI is InChI=1S/C5H13O10P6/c1-17(7)13-20(10,4-12-16-6)5-21(11,14-18(2)8)15-19(3)9/h4-5H2,1-3H3/q+3. The van der Waals surface area contributed by atoms with Crippen LogP contribution >= 0.6 is 47.7 Å². The molecule has 4 unspecified atom stereocenters. The molecular formula is C5H13O10P6+3. The zero-order valence-corrected chi connectivity index (χ0v) is 16.5. The molecule has 0 aliphatic carbocycles. The van der Waals surface area contributed by atoms with Gasteiger partial charge >= 0.3 is 40.4 Å². The Balaban J connectivity index is 5.37. The van der Waals surface area contributed by atoms with Gasteiger partial charge < -0.3 is 0 Å². The lowest BCUT2D eigenvalue weighted by atomic mass is 11.7. The maximum atomic E-state index is 12.4. The molecule has 10 nitrogen and oxygen atoms in total. The Bertz CT molecular complexity index is 508. The van der Waals surface area contributed by atoms with Crippen molar-refractivity contribution in [2.45, 2.75) is 0 Å². The van der Waals surface area contributed by atoms with Crippen LogP contribution in [0.15, 0.2) is 0 Å². The molecule has 0 amide bonds. The van der Waals surface area contributed by atoms with Crippen molar-refractivity contribution in [1.29, 1.82) is 0 Å². The van der Waals surface area contributed by atoms with Gasteiger partial charge in [-0.1, -0.05) is 12.9 Å². The summed E-state index contributed by atoms with van der Waals surface area (Å²) in [5, 5.41) is 0. The first-order valence-electron chi connectivity index (χ1n) is 4.95. The lowest BCUT2D eigenvalue weighted by Gasteiger charge is -2.11. The maximum Gasteiger partial charge on any atom is 0.513 e. The fraction of sp³-hybridized carbons (Fsp3) is 1.00. The van der Waals surface area contributed by atoms with E-state index in [1.165, 1.54) is 0 Å². The lowest BCUT2D eigenvalue weighted by molar-refractivity contribution is 0.369. The van der Waals surface area contributed by atoms with E-state index in [4.69, 9.17) is 0 Å². The Morgan fingerprint density at radius 2 is 1.33 bits per heavy atom. The van der Waals surface area contributed by atoms with Crippen LogP contribution in [-0.4, -0.2) is 32.2 Å². The zero-order valence-electron chi connectivity index (χ0n) is 11.2. The van der Waals surface area contributed by atoms with Crippen LogP contribution in [0.2, 0.25) is 0 Å². The third-order valence-electron chi connectivity index (χ3n) is 1.44. The Labute approximate surface area is 125 Å². The van der Waals surface area contributed by atoms with Crippen LogP contribution in [0, 0.1) is 0 Å². The molecule has 0 fully saturated rings. The van der Waals surface area contributed by atoms with Crippen molar-refractivity contribution >= 4 is 47.7 Å². The van der Waals surface area contributed by atoms with Crippen LogP contribution in [0.3, 0.4) is 0 Å². The Kier molecular flexibility index (Phi) is 10.1. The van der Waals surface area contributed by atoms with Gasteiger partial charge in [-0.15, -0.1) is 0 Å². The van der Waals surface area contributed by atoms with Gasteiger partial charge in [-0.05, 0) is 13.7 Å². The molecule has 0 N–H and O–H groups in total. The highest BCUT2D eigenvalue weighted by molar-refractivity contribution is 7.79. The highest BCUT2D eigenvalue weighted by atomic mass is 31.3. The molecule has 16 heteroatoms. The third-order valence-corrected chi connectivity index (χ3v) is 11.4. The predicted molar refractivity (Wildman–Crippen MR) is 77.5 cm³/mol. The van der Waals surface area contributed by atoms with Crippen LogP contribution in [-0.2, 0) is 44.8 Å². The maximum absolute atomic E-state index is 12.4. The van der Waals surface area contributed by atoms with E-state index in [0.29, 0.717) is 0 Å². The van der Waals surface area contributed by atoms with Crippen LogP contribution in [0.25, 0.3) is 0 Å². The van der Waals surface area contributed by atoms with Crippen LogP contribution in [0.4, 0.5) is 0 Å².